The number of hydrazine groups is 1. The monoisotopic (exact) mass is 452 g/mol. The van der Waals surface area contributed by atoms with Gasteiger partial charge < -0.3 is 5.32 Å². The molecule has 0 bridgehead atoms. The van der Waals surface area contributed by atoms with Crippen molar-refractivity contribution in [2.24, 2.45) is 0 Å². The second-order valence-corrected chi connectivity index (χ2v) is 6.71. The van der Waals surface area contributed by atoms with Crippen LogP contribution in [0.1, 0.15) is 10.4 Å². The molecule has 9 nitrogen and oxygen atoms in total. The molecule has 1 heterocycles. The maximum atomic E-state index is 12.3. The Labute approximate surface area is 179 Å². The molecule has 3 rings (SSSR count). The van der Waals surface area contributed by atoms with Crippen LogP contribution in [-0.2, 0) is 0 Å². The number of carbonyl (C=O) groups excluding carboxylic acids is 1. The Bertz CT molecular complexity index is 1100. The summed E-state index contributed by atoms with van der Waals surface area (Å²) in [5, 5.41) is 15.2. The lowest BCUT2D eigenvalue weighted by Crippen LogP contribution is -2.30. The minimum absolute atomic E-state index is 0.113. The molecule has 0 radical (unpaired) electrons. The van der Waals surface area contributed by atoms with E-state index in [0.717, 1.165) is 6.33 Å². The van der Waals surface area contributed by atoms with Crippen molar-refractivity contribution < 1.29 is 9.72 Å². The van der Waals surface area contributed by atoms with Gasteiger partial charge in [0.15, 0.2) is 0 Å². The summed E-state index contributed by atoms with van der Waals surface area (Å²) in [6.45, 7) is 0. The van der Waals surface area contributed by atoms with Crippen molar-refractivity contribution in [3.8, 4) is 0 Å². The van der Waals surface area contributed by atoms with Crippen LogP contribution in [0.3, 0.4) is 0 Å². The molecule has 0 saturated carbocycles. The summed E-state index contributed by atoms with van der Waals surface area (Å²) >= 11 is 17.8. The molecular weight excluding hydrogens is 443 g/mol. The number of hydrogen-bond donors (Lipinski definition) is 3. The van der Waals surface area contributed by atoms with Gasteiger partial charge in [0.2, 0.25) is 11.6 Å². The van der Waals surface area contributed by atoms with Gasteiger partial charge in [0.25, 0.3) is 5.91 Å². The molecule has 0 saturated heterocycles. The van der Waals surface area contributed by atoms with Crippen LogP contribution in [-0.4, -0.2) is 20.8 Å². The minimum atomic E-state index is -0.691. The Hall–Kier alpha value is -3.14. The Morgan fingerprint density at radius 2 is 1.69 bits per heavy atom. The highest BCUT2D eigenvalue weighted by Gasteiger charge is 2.24. The molecule has 0 aliphatic heterocycles. The Balaban J connectivity index is 1.85. The third-order valence-corrected chi connectivity index (χ3v) is 4.67. The molecular formula is C17H11Cl3N6O3. The average Bonchev–Trinajstić information content (AvgIpc) is 2.69. The Morgan fingerprint density at radius 1 is 0.966 bits per heavy atom. The molecule has 3 aromatic rings. The molecule has 0 aliphatic rings. The highest BCUT2D eigenvalue weighted by Crippen LogP contribution is 2.32. The summed E-state index contributed by atoms with van der Waals surface area (Å²) in [7, 11) is 0. The SMILES string of the molecule is O=C(NNc1ncnc(Nc2ccc(Cl)c(Cl)c2)c1[N+](=O)[O-])c1ccccc1Cl. The Kier molecular flexibility index (Phi) is 6.32. The van der Waals surface area contributed by atoms with E-state index in [1.807, 2.05) is 0 Å². The molecule has 0 spiro atoms. The lowest BCUT2D eigenvalue weighted by Gasteiger charge is -2.11. The smallest absolute Gasteiger partial charge is 0.334 e. The number of anilines is 3. The number of nitrogens with zero attached hydrogens (tertiary/aromatic N) is 3. The first-order chi connectivity index (χ1) is 13.9. The fourth-order valence-electron chi connectivity index (χ4n) is 2.27. The summed E-state index contributed by atoms with van der Waals surface area (Å²) in [6, 6.07) is 10.9. The third kappa shape index (κ3) is 4.83. The van der Waals surface area contributed by atoms with E-state index in [1.165, 1.54) is 18.2 Å². The molecule has 0 aliphatic carbocycles. The number of nitro groups is 1. The third-order valence-electron chi connectivity index (χ3n) is 3.60. The van der Waals surface area contributed by atoms with E-state index in [9.17, 15) is 14.9 Å². The lowest BCUT2D eigenvalue weighted by atomic mass is 10.2. The first kappa shape index (κ1) is 20.6. The van der Waals surface area contributed by atoms with E-state index in [2.05, 4.69) is 26.1 Å². The zero-order valence-electron chi connectivity index (χ0n) is 14.3. The molecule has 29 heavy (non-hydrogen) atoms. The normalized spacial score (nSPS) is 10.3. The van der Waals surface area contributed by atoms with Gasteiger partial charge in [-0.2, -0.15) is 0 Å². The van der Waals surface area contributed by atoms with Gasteiger partial charge in [-0.05, 0) is 30.3 Å². The standard InChI is InChI=1S/C17H11Cl3N6O3/c18-11-4-2-1-3-10(11)17(27)25-24-16-14(26(28)29)15(21-8-22-16)23-9-5-6-12(19)13(20)7-9/h1-8H,(H,25,27)(H2,21,22,23,24). The van der Waals surface area contributed by atoms with E-state index in [0.29, 0.717) is 10.7 Å². The van der Waals surface area contributed by atoms with Crippen LogP contribution in [0.2, 0.25) is 15.1 Å². The van der Waals surface area contributed by atoms with Crippen molar-refractivity contribution in [1.29, 1.82) is 0 Å². The first-order valence-corrected chi connectivity index (χ1v) is 9.02. The molecule has 12 heteroatoms. The number of aromatic nitrogens is 2. The molecule has 3 N–H and O–H groups in total. The van der Waals surface area contributed by atoms with Crippen LogP contribution in [0.25, 0.3) is 0 Å². The van der Waals surface area contributed by atoms with E-state index in [1.54, 1.807) is 24.3 Å². The van der Waals surface area contributed by atoms with Gasteiger partial charge in [0.1, 0.15) is 6.33 Å². The fourth-order valence-corrected chi connectivity index (χ4v) is 2.79. The van der Waals surface area contributed by atoms with Gasteiger partial charge >= 0.3 is 5.69 Å². The second-order valence-electron chi connectivity index (χ2n) is 5.49. The average molecular weight is 454 g/mol. The topological polar surface area (TPSA) is 122 Å². The van der Waals surface area contributed by atoms with E-state index in [4.69, 9.17) is 34.8 Å². The summed E-state index contributed by atoms with van der Waals surface area (Å²) in [4.78, 5) is 30.9. The predicted octanol–water partition coefficient (Wildman–Crippen LogP) is 4.85. The molecule has 0 unspecified atom stereocenters. The van der Waals surface area contributed by atoms with Crippen LogP contribution >= 0.6 is 34.8 Å². The lowest BCUT2D eigenvalue weighted by molar-refractivity contribution is -0.383. The van der Waals surface area contributed by atoms with Gasteiger partial charge in [-0.25, -0.2) is 9.97 Å². The van der Waals surface area contributed by atoms with Gasteiger partial charge in [-0.3, -0.25) is 25.8 Å². The van der Waals surface area contributed by atoms with Crippen molar-refractivity contribution in [1.82, 2.24) is 15.4 Å². The summed E-state index contributed by atoms with van der Waals surface area (Å²) < 4.78 is 0. The molecule has 1 aromatic heterocycles. The maximum absolute atomic E-state index is 12.3. The second kappa shape index (κ2) is 8.91. The van der Waals surface area contributed by atoms with Crippen LogP contribution in [0, 0.1) is 10.1 Å². The molecule has 0 fully saturated rings. The largest absolute Gasteiger partial charge is 0.355 e. The maximum Gasteiger partial charge on any atom is 0.355 e. The molecule has 1 amide bonds. The summed E-state index contributed by atoms with van der Waals surface area (Å²) in [6.07, 6.45) is 1.09. The van der Waals surface area contributed by atoms with Crippen molar-refractivity contribution in [2.45, 2.75) is 0 Å². The van der Waals surface area contributed by atoms with Crippen LogP contribution in [0.5, 0.6) is 0 Å². The number of nitrogens with one attached hydrogen (secondary N) is 3. The van der Waals surface area contributed by atoms with Crippen LogP contribution < -0.4 is 16.2 Å². The minimum Gasteiger partial charge on any atom is -0.334 e. The van der Waals surface area contributed by atoms with Crippen molar-refractivity contribution >= 4 is 63.7 Å². The highest BCUT2D eigenvalue weighted by atomic mass is 35.5. The predicted molar refractivity (Wildman–Crippen MR) is 111 cm³/mol. The van der Waals surface area contributed by atoms with Gasteiger partial charge in [-0.1, -0.05) is 46.9 Å². The van der Waals surface area contributed by atoms with Gasteiger partial charge in [0, 0.05) is 5.69 Å². The van der Waals surface area contributed by atoms with Crippen LogP contribution in [0.15, 0.2) is 48.8 Å². The molecule has 2 aromatic carbocycles. The van der Waals surface area contributed by atoms with Crippen molar-refractivity contribution in [3.63, 3.8) is 0 Å². The first-order valence-electron chi connectivity index (χ1n) is 7.89. The van der Waals surface area contributed by atoms with Gasteiger partial charge in [-0.15, -0.1) is 0 Å². The number of carbonyl (C=O) groups is 1. The zero-order chi connectivity index (χ0) is 21.0. The van der Waals surface area contributed by atoms with Gasteiger partial charge in [0.05, 0.1) is 25.6 Å². The van der Waals surface area contributed by atoms with Crippen LogP contribution in [0.4, 0.5) is 23.0 Å². The van der Waals surface area contributed by atoms with Crippen molar-refractivity contribution in [2.75, 3.05) is 10.7 Å². The zero-order valence-corrected chi connectivity index (χ0v) is 16.6. The quantitative estimate of drug-likeness (QED) is 0.360. The number of hydrogen-bond acceptors (Lipinski definition) is 7. The number of benzene rings is 2. The fraction of sp³-hybridized carbons (Fsp3) is 0. The highest BCUT2D eigenvalue weighted by molar-refractivity contribution is 6.42. The molecule has 148 valence electrons. The molecule has 0 atom stereocenters. The number of halogens is 3. The van der Waals surface area contributed by atoms with E-state index in [-0.39, 0.29) is 27.2 Å². The number of amides is 1. The van der Waals surface area contributed by atoms with E-state index < -0.39 is 16.5 Å². The summed E-state index contributed by atoms with van der Waals surface area (Å²) in [5.41, 5.74) is 4.88. The van der Waals surface area contributed by atoms with E-state index >= 15 is 0 Å². The Morgan fingerprint density at radius 3 is 2.38 bits per heavy atom. The number of rotatable bonds is 6. The van der Waals surface area contributed by atoms with Crippen molar-refractivity contribution in [3.05, 3.63) is 79.5 Å². The summed E-state index contributed by atoms with van der Waals surface area (Å²) in [5.74, 6) is -0.937.